The zero-order valence-corrected chi connectivity index (χ0v) is 35.4. The quantitative estimate of drug-likeness (QED) is 0.0341. The zero-order chi connectivity index (χ0) is 39.1. The van der Waals surface area contributed by atoms with Crippen LogP contribution in [0.25, 0.3) is 12.2 Å². The molecule has 0 aromatic heterocycles. The van der Waals surface area contributed by atoms with Crippen molar-refractivity contribution in [3.05, 3.63) is 142 Å². The molecular formula is C56H72. The van der Waals surface area contributed by atoms with E-state index in [-0.39, 0.29) is 0 Å². The fourth-order valence-corrected chi connectivity index (χ4v) is 7.33. The van der Waals surface area contributed by atoms with Gasteiger partial charge in [0.25, 0.3) is 0 Å². The zero-order valence-electron chi connectivity index (χ0n) is 35.4. The molecule has 0 radical (unpaired) electrons. The molecule has 0 amide bonds. The SMILES string of the molecule is CCCCCCCCCCCCCc1ccc(C#Cc2ccc(/C=C/c3ccc(C#Cc4ccc(CCCCCCCCCCCCC)cc4)cc3)cc2)cc1. The molecule has 0 spiro atoms. The van der Waals surface area contributed by atoms with Crippen LogP contribution in [0, 0.1) is 23.7 Å². The van der Waals surface area contributed by atoms with E-state index in [0.29, 0.717) is 0 Å². The van der Waals surface area contributed by atoms with Gasteiger partial charge in [0, 0.05) is 22.3 Å². The Hall–Kier alpha value is -4.26. The maximum Gasteiger partial charge on any atom is 0.0249 e. The highest BCUT2D eigenvalue weighted by Gasteiger charge is 1.99. The van der Waals surface area contributed by atoms with Gasteiger partial charge >= 0.3 is 0 Å². The molecule has 0 bridgehead atoms. The molecule has 0 atom stereocenters. The normalized spacial score (nSPS) is 11.0. The standard InChI is InChI=1S/C56H72/c1-3-5-7-9-11-13-15-17-19-21-23-25-49-27-31-51(32-28-49)35-37-53-39-43-55(44-40-53)47-48-56-45-41-54(42-46-56)38-36-52-33-29-50(30-34-52)26-24-22-20-18-16-14-12-10-8-6-4-2/h27-34,39-48H,3-26H2,1-2H3/b48-47+. The Morgan fingerprint density at radius 2 is 0.518 bits per heavy atom. The van der Waals surface area contributed by atoms with Crippen molar-refractivity contribution in [1.29, 1.82) is 0 Å². The van der Waals surface area contributed by atoms with Crippen LogP contribution in [0.4, 0.5) is 0 Å². The van der Waals surface area contributed by atoms with E-state index in [9.17, 15) is 0 Å². The van der Waals surface area contributed by atoms with Gasteiger partial charge in [0.05, 0.1) is 0 Å². The number of hydrogen-bond donors (Lipinski definition) is 0. The Balaban J connectivity index is 1.09. The third kappa shape index (κ3) is 20.1. The highest BCUT2D eigenvalue weighted by molar-refractivity contribution is 5.70. The van der Waals surface area contributed by atoms with Crippen molar-refractivity contribution in [1.82, 2.24) is 0 Å². The van der Waals surface area contributed by atoms with E-state index in [1.54, 1.807) is 0 Å². The van der Waals surface area contributed by atoms with Crippen molar-refractivity contribution in [2.45, 2.75) is 168 Å². The third-order valence-electron chi connectivity index (χ3n) is 11.0. The van der Waals surface area contributed by atoms with Gasteiger partial charge in [0.1, 0.15) is 0 Å². The van der Waals surface area contributed by atoms with Crippen LogP contribution >= 0.6 is 0 Å². The van der Waals surface area contributed by atoms with Gasteiger partial charge in [-0.05, 0) is 96.5 Å². The summed E-state index contributed by atoms with van der Waals surface area (Å²) in [7, 11) is 0. The molecule has 4 rings (SSSR count). The van der Waals surface area contributed by atoms with E-state index in [1.165, 1.54) is 165 Å². The second-order valence-electron chi connectivity index (χ2n) is 16.0. The average Bonchev–Trinajstić information content (AvgIpc) is 3.24. The molecule has 0 nitrogen and oxygen atoms in total. The molecule has 296 valence electrons. The van der Waals surface area contributed by atoms with Crippen LogP contribution in [0.3, 0.4) is 0 Å². The minimum atomic E-state index is 1.04. The van der Waals surface area contributed by atoms with Gasteiger partial charge in [-0.25, -0.2) is 0 Å². The molecule has 0 heterocycles. The monoisotopic (exact) mass is 745 g/mol. The Bertz CT molecular complexity index is 1590. The summed E-state index contributed by atoms with van der Waals surface area (Å²) >= 11 is 0. The van der Waals surface area contributed by atoms with Gasteiger partial charge in [0.15, 0.2) is 0 Å². The van der Waals surface area contributed by atoms with Gasteiger partial charge in [-0.2, -0.15) is 0 Å². The Labute approximate surface area is 344 Å². The predicted octanol–water partition coefficient (Wildman–Crippen LogP) is 16.4. The van der Waals surface area contributed by atoms with Crippen LogP contribution in [0.15, 0.2) is 97.1 Å². The first-order valence-corrected chi connectivity index (χ1v) is 22.8. The maximum absolute atomic E-state index is 3.35. The molecule has 4 aromatic rings. The fourth-order valence-electron chi connectivity index (χ4n) is 7.33. The lowest BCUT2D eigenvalue weighted by molar-refractivity contribution is 0.549. The van der Waals surface area contributed by atoms with Crippen LogP contribution in [0.5, 0.6) is 0 Å². The van der Waals surface area contributed by atoms with E-state index in [1.807, 2.05) is 0 Å². The van der Waals surface area contributed by atoms with Gasteiger partial charge in [-0.15, -0.1) is 0 Å². The summed E-state index contributed by atoms with van der Waals surface area (Å²) in [5.41, 5.74) is 9.41. The molecule has 0 aliphatic rings. The minimum Gasteiger partial charge on any atom is -0.0654 e. The third-order valence-corrected chi connectivity index (χ3v) is 11.0. The number of hydrogen-bond acceptors (Lipinski definition) is 0. The molecule has 56 heavy (non-hydrogen) atoms. The van der Waals surface area contributed by atoms with E-state index < -0.39 is 0 Å². The smallest absolute Gasteiger partial charge is 0.0249 e. The highest BCUT2D eigenvalue weighted by atomic mass is 14.0. The topological polar surface area (TPSA) is 0 Å². The molecule has 0 fully saturated rings. The summed E-state index contributed by atoms with van der Waals surface area (Å²) in [5.74, 6) is 13.4. The summed E-state index contributed by atoms with van der Waals surface area (Å²) in [5, 5.41) is 0. The number of unbranched alkanes of at least 4 members (excludes halogenated alkanes) is 20. The van der Waals surface area contributed by atoms with E-state index in [4.69, 9.17) is 0 Å². The lowest BCUT2D eigenvalue weighted by Crippen LogP contribution is -1.87. The summed E-state index contributed by atoms with van der Waals surface area (Å²) in [6.45, 7) is 4.58. The molecule has 0 unspecified atom stereocenters. The van der Waals surface area contributed by atoms with E-state index in [2.05, 4.69) is 147 Å². The highest BCUT2D eigenvalue weighted by Crippen LogP contribution is 2.16. The van der Waals surface area contributed by atoms with Crippen molar-refractivity contribution in [3.63, 3.8) is 0 Å². The fraction of sp³-hybridized carbons (Fsp3) is 0.464. The van der Waals surface area contributed by atoms with E-state index in [0.717, 1.165) is 33.4 Å². The van der Waals surface area contributed by atoms with Crippen LogP contribution in [-0.2, 0) is 12.8 Å². The van der Waals surface area contributed by atoms with Gasteiger partial charge in [-0.3, -0.25) is 0 Å². The Morgan fingerprint density at radius 3 is 0.786 bits per heavy atom. The first-order chi connectivity index (χ1) is 27.7. The minimum absolute atomic E-state index is 1.04. The van der Waals surface area contributed by atoms with Gasteiger partial charge < -0.3 is 0 Å². The van der Waals surface area contributed by atoms with Crippen molar-refractivity contribution >= 4 is 12.2 Å². The Kier molecular flexibility index (Phi) is 23.1. The second-order valence-corrected chi connectivity index (χ2v) is 16.0. The summed E-state index contributed by atoms with van der Waals surface area (Å²) in [6.07, 6.45) is 37.3. The first kappa shape index (κ1) is 44.5. The largest absolute Gasteiger partial charge is 0.0654 e. The van der Waals surface area contributed by atoms with Crippen molar-refractivity contribution < 1.29 is 0 Å². The molecule has 0 aliphatic carbocycles. The van der Waals surface area contributed by atoms with Gasteiger partial charge in [0.2, 0.25) is 0 Å². The second kappa shape index (κ2) is 29.0. The van der Waals surface area contributed by atoms with Gasteiger partial charge in [-0.1, -0.05) is 227 Å². The number of aryl methyl sites for hydroxylation is 2. The lowest BCUT2D eigenvalue weighted by atomic mass is 10.0. The molecule has 0 saturated heterocycles. The van der Waals surface area contributed by atoms with Crippen molar-refractivity contribution in [2.24, 2.45) is 0 Å². The molecule has 0 heteroatoms. The molecule has 0 aliphatic heterocycles. The van der Waals surface area contributed by atoms with Crippen molar-refractivity contribution in [3.8, 4) is 23.7 Å². The van der Waals surface area contributed by atoms with Crippen LogP contribution in [0.1, 0.15) is 200 Å². The number of benzene rings is 4. The van der Waals surface area contributed by atoms with Crippen LogP contribution < -0.4 is 0 Å². The summed E-state index contributed by atoms with van der Waals surface area (Å²) in [6, 6.07) is 34.7. The van der Waals surface area contributed by atoms with E-state index >= 15 is 0 Å². The Morgan fingerprint density at radius 1 is 0.286 bits per heavy atom. The molecule has 0 N–H and O–H groups in total. The number of rotatable bonds is 26. The average molecular weight is 745 g/mol. The molecular weight excluding hydrogens is 673 g/mol. The van der Waals surface area contributed by atoms with Crippen LogP contribution in [-0.4, -0.2) is 0 Å². The van der Waals surface area contributed by atoms with Crippen LogP contribution in [0.2, 0.25) is 0 Å². The maximum atomic E-state index is 3.35. The lowest BCUT2D eigenvalue weighted by Gasteiger charge is -2.03. The molecule has 4 aromatic carbocycles. The van der Waals surface area contributed by atoms with Crippen molar-refractivity contribution in [2.75, 3.05) is 0 Å². The summed E-state index contributed by atoms with van der Waals surface area (Å²) in [4.78, 5) is 0. The molecule has 0 saturated carbocycles. The summed E-state index contributed by atoms with van der Waals surface area (Å²) < 4.78 is 0. The first-order valence-electron chi connectivity index (χ1n) is 22.8. The predicted molar refractivity (Wildman–Crippen MR) is 247 cm³/mol.